The summed E-state index contributed by atoms with van der Waals surface area (Å²) in [5.41, 5.74) is 3.80. The van der Waals surface area contributed by atoms with Crippen molar-refractivity contribution < 1.29 is 25.5 Å². The van der Waals surface area contributed by atoms with Gasteiger partial charge in [-0.2, -0.15) is 0 Å². The Kier molecular flexibility index (Phi) is 7.12. The van der Waals surface area contributed by atoms with Gasteiger partial charge in [0.1, 0.15) is 11.9 Å². The molecule has 3 aromatic carbocycles. The molecule has 35 heavy (non-hydrogen) atoms. The summed E-state index contributed by atoms with van der Waals surface area (Å²) in [6.07, 6.45) is 7.60. The first-order valence-corrected chi connectivity index (χ1v) is 13.0. The summed E-state index contributed by atoms with van der Waals surface area (Å²) < 4.78 is 0. The predicted octanol–water partition coefficient (Wildman–Crippen LogP) is 5.31. The molecule has 0 saturated heterocycles. The molecule has 3 unspecified atom stereocenters. The van der Waals surface area contributed by atoms with Gasteiger partial charge in [-0.05, 0) is 63.9 Å². The molecule has 2 aliphatic rings. The van der Waals surface area contributed by atoms with Crippen molar-refractivity contribution in [1.82, 2.24) is 0 Å². The molecule has 3 atom stereocenters. The van der Waals surface area contributed by atoms with Gasteiger partial charge in [-0.3, -0.25) is 0 Å². The van der Waals surface area contributed by atoms with E-state index in [0.29, 0.717) is 27.5 Å². The zero-order valence-corrected chi connectivity index (χ0v) is 20.1. The Labute approximate surface area is 206 Å². The smallest absolute Gasteiger partial charge is 0.161 e. The molecule has 1 fully saturated rings. The van der Waals surface area contributed by atoms with Crippen LogP contribution in [0, 0.1) is 5.92 Å². The Morgan fingerprint density at radius 3 is 2.31 bits per heavy atom. The van der Waals surface area contributed by atoms with Crippen molar-refractivity contribution in [1.29, 1.82) is 0 Å². The molecule has 0 spiro atoms. The molecule has 0 radical (unpaired) electrons. The fourth-order valence-corrected chi connectivity index (χ4v) is 6.23. The molecule has 3 aromatic rings. The Hall–Kier alpha value is -2.44. The molecule has 0 heterocycles. The Bertz CT molecular complexity index is 1160. The molecule has 5 nitrogen and oxygen atoms in total. The molecular weight excluding hydrogens is 440 g/mol. The number of unbranched alkanes of at least 4 members (excludes halogenated alkanes) is 1. The summed E-state index contributed by atoms with van der Waals surface area (Å²) in [6, 6.07) is 15.2. The summed E-state index contributed by atoms with van der Waals surface area (Å²) >= 11 is 0. The number of phenols is 1. The van der Waals surface area contributed by atoms with E-state index < -0.39 is 24.4 Å². The monoisotopic (exact) mass is 476 g/mol. The number of fused-ring (bicyclic) bond motifs is 3. The number of benzene rings is 3. The molecule has 186 valence electrons. The summed E-state index contributed by atoms with van der Waals surface area (Å²) in [6.45, 7) is 0. The van der Waals surface area contributed by atoms with Gasteiger partial charge in [0.25, 0.3) is 0 Å². The van der Waals surface area contributed by atoms with Gasteiger partial charge in [0, 0.05) is 5.56 Å². The van der Waals surface area contributed by atoms with Gasteiger partial charge in [-0.1, -0.05) is 81.3 Å². The number of aromatic hydroxyl groups is 1. The largest absolute Gasteiger partial charge is 0.507 e. The van der Waals surface area contributed by atoms with Crippen LogP contribution < -0.4 is 0 Å². The van der Waals surface area contributed by atoms with E-state index in [1.165, 1.54) is 56.9 Å². The molecular formula is C30H36O5. The topological polar surface area (TPSA) is 101 Å². The van der Waals surface area contributed by atoms with Crippen molar-refractivity contribution >= 4 is 10.8 Å². The van der Waals surface area contributed by atoms with E-state index in [4.69, 9.17) is 0 Å². The highest BCUT2D eigenvalue weighted by Gasteiger charge is 2.43. The highest BCUT2D eigenvalue weighted by molar-refractivity contribution is 5.94. The molecule has 0 amide bonds. The molecule has 5 N–H and O–H groups in total. The standard InChI is InChI=1S/C30H36O5/c31-25-16-21-14-15-22-26(27(30(34)35)29(33)28(22)32)24(21)17-23(25)20-12-10-19(11-13-20)9-5-4-8-18-6-2-1-3-7-18/h10-18,27-35H,1-9H2. The van der Waals surface area contributed by atoms with E-state index in [-0.39, 0.29) is 5.75 Å². The lowest BCUT2D eigenvalue weighted by Gasteiger charge is -2.21. The van der Waals surface area contributed by atoms with Crippen LogP contribution in [0.15, 0.2) is 48.5 Å². The zero-order chi connectivity index (χ0) is 24.5. The van der Waals surface area contributed by atoms with Gasteiger partial charge in [0.2, 0.25) is 0 Å². The van der Waals surface area contributed by atoms with Crippen LogP contribution >= 0.6 is 0 Å². The Morgan fingerprint density at radius 2 is 1.60 bits per heavy atom. The summed E-state index contributed by atoms with van der Waals surface area (Å²) in [4.78, 5) is 0. The number of aliphatic hydroxyl groups is 4. The summed E-state index contributed by atoms with van der Waals surface area (Å²) in [5.74, 6) is 0.0483. The number of hydrogen-bond donors (Lipinski definition) is 5. The van der Waals surface area contributed by atoms with E-state index in [2.05, 4.69) is 12.1 Å². The number of phenolic OH excluding ortho intramolecular Hbond substituents is 1. The summed E-state index contributed by atoms with van der Waals surface area (Å²) in [7, 11) is 0. The van der Waals surface area contributed by atoms with Crippen molar-refractivity contribution in [2.75, 3.05) is 0 Å². The maximum absolute atomic E-state index is 10.8. The van der Waals surface area contributed by atoms with Crippen LogP contribution in [0.4, 0.5) is 0 Å². The van der Waals surface area contributed by atoms with E-state index >= 15 is 0 Å². The van der Waals surface area contributed by atoms with Gasteiger partial charge in [-0.25, -0.2) is 0 Å². The van der Waals surface area contributed by atoms with Crippen LogP contribution in [-0.4, -0.2) is 37.9 Å². The summed E-state index contributed by atoms with van der Waals surface area (Å²) in [5, 5.41) is 52.9. The van der Waals surface area contributed by atoms with Crippen molar-refractivity contribution in [3.05, 3.63) is 65.2 Å². The van der Waals surface area contributed by atoms with Gasteiger partial charge in [0.15, 0.2) is 6.29 Å². The molecule has 5 heteroatoms. The molecule has 1 saturated carbocycles. The average Bonchev–Trinajstić information content (AvgIpc) is 3.13. The molecule has 5 rings (SSSR count). The van der Waals surface area contributed by atoms with Gasteiger partial charge in [0.05, 0.1) is 12.0 Å². The van der Waals surface area contributed by atoms with Crippen LogP contribution in [-0.2, 0) is 6.42 Å². The molecule has 2 aliphatic carbocycles. The first-order valence-electron chi connectivity index (χ1n) is 13.0. The maximum atomic E-state index is 10.8. The number of rotatable bonds is 7. The van der Waals surface area contributed by atoms with Gasteiger partial charge in [-0.15, -0.1) is 0 Å². The quantitative estimate of drug-likeness (QED) is 0.235. The van der Waals surface area contributed by atoms with Crippen LogP contribution in [0.25, 0.3) is 21.9 Å². The van der Waals surface area contributed by atoms with E-state index in [0.717, 1.165) is 17.9 Å². The molecule has 0 aliphatic heterocycles. The Balaban J connectivity index is 1.35. The van der Waals surface area contributed by atoms with Crippen molar-refractivity contribution in [2.24, 2.45) is 5.92 Å². The Morgan fingerprint density at radius 1 is 0.857 bits per heavy atom. The lowest BCUT2D eigenvalue weighted by molar-refractivity contribution is -0.103. The minimum atomic E-state index is -1.80. The molecule has 0 bridgehead atoms. The third-order valence-corrected chi connectivity index (χ3v) is 8.19. The van der Waals surface area contributed by atoms with E-state index in [1.54, 1.807) is 18.2 Å². The fourth-order valence-electron chi connectivity index (χ4n) is 6.23. The highest BCUT2D eigenvalue weighted by atomic mass is 16.5. The van der Waals surface area contributed by atoms with Crippen molar-refractivity contribution in [3.63, 3.8) is 0 Å². The van der Waals surface area contributed by atoms with Gasteiger partial charge < -0.3 is 25.5 Å². The average molecular weight is 477 g/mol. The van der Waals surface area contributed by atoms with Crippen LogP contribution in [0.2, 0.25) is 0 Å². The third kappa shape index (κ3) is 4.83. The second-order valence-electron chi connectivity index (χ2n) is 10.5. The van der Waals surface area contributed by atoms with Crippen LogP contribution in [0.3, 0.4) is 0 Å². The lowest BCUT2D eigenvalue weighted by Crippen LogP contribution is -2.28. The molecule has 0 aromatic heterocycles. The number of aryl methyl sites for hydroxylation is 1. The second-order valence-corrected chi connectivity index (χ2v) is 10.5. The van der Waals surface area contributed by atoms with Crippen LogP contribution in [0.5, 0.6) is 5.75 Å². The minimum absolute atomic E-state index is 0.137. The lowest BCUT2D eigenvalue weighted by atomic mass is 9.85. The fraction of sp³-hybridized carbons (Fsp3) is 0.467. The van der Waals surface area contributed by atoms with Crippen LogP contribution in [0.1, 0.15) is 80.1 Å². The highest BCUT2D eigenvalue weighted by Crippen LogP contribution is 2.47. The SMILES string of the molecule is Oc1cc2ccc3c(c2cc1-c1ccc(CCCCC2CCCCC2)cc1)C(C(O)O)C(O)C3O. The normalized spacial score (nSPS) is 22.7. The zero-order valence-electron chi connectivity index (χ0n) is 20.1. The predicted molar refractivity (Wildman–Crippen MR) is 137 cm³/mol. The first-order chi connectivity index (χ1) is 16.9. The third-order valence-electron chi connectivity index (χ3n) is 8.19. The first kappa shape index (κ1) is 24.3. The van der Waals surface area contributed by atoms with E-state index in [1.807, 2.05) is 18.2 Å². The minimum Gasteiger partial charge on any atom is -0.507 e. The van der Waals surface area contributed by atoms with E-state index in [9.17, 15) is 25.5 Å². The number of hydrogen-bond acceptors (Lipinski definition) is 5. The maximum Gasteiger partial charge on any atom is 0.161 e. The second kappa shape index (κ2) is 10.3. The van der Waals surface area contributed by atoms with Crippen molar-refractivity contribution in [3.8, 4) is 16.9 Å². The van der Waals surface area contributed by atoms with Crippen molar-refractivity contribution in [2.45, 2.75) is 82.2 Å². The van der Waals surface area contributed by atoms with Gasteiger partial charge >= 0.3 is 0 Å². The number of aliphatic hydroxyl groups excluding tert-OH is 3.